The summed E-state index contributed by atoms with van der Waals surface area (Å²) in [6.45, 7) is 5.87. The second-order valence-corrected chi connectivity index (χ2v) is 6.70. The van der Waals surface area contributed by atoms with Crippen molar-refractivity contribution in [3.8, 4) is 0 Å². The Balaban J connectivity index is 2.27. The Morgan fingerprint density at radius 3 is 2.29 bits per heavy atom. The van der Waals surface area contributed by atoms with Gasteiger partial charge < -0.3 is 4.90 Å². The second-order valence-electron chi connectivity index (χ2n) is 6.29. The van der Waals surface area contributed by atoms with Crippen LogP contribution in [0.25, 0.3) is 0 Å². The van der Waals surface area contributed by atoms with Gasteiger partial charge in [-0.15, -0.1) is 0 Å². The van der Waals surface area contributed by atoms with Gasteiger partial charge in [0.25, 0.3) is 5.91 Å². The highest BCUT2D eigenvalue weighted by atomic mass is 35.5. The minimum atomic E-state index is -4.52. The van der Waals surface area contributed by atoms with Gasteiger partial charge in [-0.2, -0.15) is 13.2 Å². The molecule has 2 N–H and O–H groups in total. The Morgan fingerprint density at radius 2 is 1.79 bits per heavy atom. The zero-order valence-electron chi connectivity index (χ0n) is 13.9. The average Bonchev–Trinajstić information content (AvgIpc) is 2.83. The van der Waals surface area contributed by atoms with Crippen molar-refractivity contribution < 1.29 is 18.0 Å². The summed E-state index contributed by atoms with van der Waals surface area (Å²) < 4.78 is 38.7. The summed E-state index contributed by atoms with van der Waals surface area (Å²) in [6.07, 6.45) is -4.52. The topological polar surface area (TPSA) is 44.4 Å². The number of hydrogen-bond donors (Lipinski definition) is 2. The number of hydrogen-bond acceptors (Lipinski definition) is 3. The first-order valence-electron chi connectivity index (χ1n) is 7.69. The fourth-order valence-corrected chi connectivity index (χ4v) is 3.42. The van der Waals surface area contributed by atoms with E-state index >= 15 is 0 Å². The van der Waals surface area contributed by atoms with E-state index in [1.165, 1.54) is 4.90 Å². The van der Waals surface area contributed by atoms with Gasteiger partial charge in [0.15, 0.2) is 0 Å². The van der Waals surface area contributed by atoms with Crippen LogP contribution in [0, 0.1) is 5.92 Å². The second kappa shape index (κ2) is 6.90. The van der Waals surface area contributed by atoms with E-state index in [4.69, 9.17) is 11.6 Å². The van der Waals surface area contributed by atoms with Crippen molar-refractivity contribution in [2.24, 2.45) is 5.92 Å². The number of carbonyl (C=O) groups excluding carboxylic acids is 1. The lowest BCUT2D eigenvalue weighted by atomic mass is 9.88. The average molecular weight is 364 g/mol. The standard InChI is InChI=1S/C16H21ClF3N3O/c1-8-14(9(2)22-21-8)10(3)23(4)15(24)12-7-11(16(18,19)20)5-6-13(12)17/h5-10,14,21-22H,1-4H3. The highest BCUT2D eigenvalue weighted by molar-refractivity contribution is 6.33. The summed E-state index contributed by atoms with van der Waals surface area (Å²) >= 11 is 5.97. The molecule has 3 atom stereocenters. The molecule has 0 aliphatic carbocycles. The molecule has 0 bridgehead atoms. The molecule has 134 valence electrons. The van der Waals surface area contributed by atoms with E-state index in [1.807, 2.05) is 20.8 Å². The van der Waals surface area contributed by atoms with Crippen molar-refractivity contribution in [2.45, 2.75) is 45.1 Å². The van der Waals surface area contributed by atoms with Gasteiger partial charge in [0.2, 0.25) is 0 Å². The number of rotatable bonds is 3. The van der Waals surface area contributed by atoms with Crippen molar-refractivity contribution >= 4 is 17.5 Å². The van der Waals surface area contributed by atoms with Crippen molar-refractivity contribution in [3.05, 3.63) is 34.3 Å². The third-order valence-corrected chi connectivity index (χ3v) is 5.04. The Kier molecular flexibility index (Phi) is 5.47. The maximum atomic E-state index is 12.9. The Hall–Kier alpha value is -1.31. The van der Waals surface area contributed by atoms with Crippen LogP contribution in [0.3, 0.4) is 0 Å². The molecule has 0 saturated carbocycles. The van der Waals surface area contributed by atoms with Crippen LogP contribution in [0.5, 0.6) is 0 Å². The smallest absolute Gasteiger partial charge is 0.339 e. The zero-order chi connectivity index (χ0) is 18.2. The zero-order valence-corrected chi connectivity index (χ0v) is 14.7. The van der Waals surface area contributed by atoms with Crippen molar-refractivity contribution in [3.63, 3.8) is 0 Å². The number of halogens is 4. The molecule has 0 aromatic heterocycles. The quantitative estimate of drug-likeness (QED) is 0.866. The molecular formula is C16H21ClF3N3O. The van der Waals surface area contributed by atoms with Crippen molar-refractivity contribution in [1.82, 2.24) is 15.8 Å². The molecule has 1 aromatic carbocycles. The molecule has 1 heterocycles. The number of nitrogens with zero attached hydrogens (tertiary/aromatic N) is 1. The van der Waals surface area contributed by atoms with E-state index in [-0.39, 0.29) is 34.6 Å². The van der Waals surface area contributed by atoms with Gasteiger partial charge in [-0.05, 0) is 39.0 Å². The number of alkyl halides is 3. The van der Waals surface area contributed by atoms with Crippen LogP contribution in [0.15, 0.2) is 18.2 Å². The predicted molar refractivity (Wildman–Crippen MR) is 86.7 cm³/mol. The third-order valence-electron chi connectivity index (χ3n) is 4.71. The Labute approximate surface area is 144 Å². The molecule has 1 aliphatic rings. The Bertz CT molecular complexity index is 613. The minimum Gasteiger partial charge on any atom is -0.339 e. The van der Waals surface area contributed by atoms with Crippen LogP contribution in [0.1, 0.15) is 36.7 Å². The summed E-state index contributed by atoms with van der Waals surface area (Å²) in [4.78, 5) is 14.1. The summed E-state index contributed by atoms with van der Waals surface area (Å²) in [6, 6.07) is 2.86. The van der Waals surface area contributed by atoms with E-state index < -0.39 is 17.6 Å². The highest BCUT2D eigenvalue weighted by Crippen LogP contribution is 2.32. The molecule has 3 unspecified atom stereocenters. The number of hydrazine groups is 1. The highest BCUT2D eigenvalue weighted by Gasteiger charge is 2.38. The normalized spacial score (nSPS) is 25.6. The predicted octanol–water partition coefficient (Wildman–Crippen LogP) is 3.32. The van der Waals surface area contributed by atoms with Crippen molar-refractivity contribution in [1.29, 1.82) is 0 Å². The fourth-order valence-electron chi connectivity index (χ4n) is 3.22. The number of benzene rings is 1. The van der Waals surface area contributed by atoms with Crippen LogP contribution in [0.2, 0.25) is 5.02 Å². The maximum absolute atomic E-state index is 12.9. The van der Waals surface area contributed by atoms with E-state index in [1.54, 1.807) is 7.05 Å². The summed E-state index contributed by atoms with van der Waals surface area (Å²) in [5.74, 6) is -0.409. The van der Waals surface area contributed by atoms with Gasteiger partial charge in [0.1, 0.15) is 0 Å². The van der Waals surface area contributed by atoms with Crippen LogP contribution < -0.4 is 10.9 Å². The monoisotopic (exact) mass is 363 g/mol. The van der Waals surface area contributed by atoms with Crippen molar-refractivity contribution in [2.75, 3.05) is 7.05 Å². The van der Waals surface area contributed by atoms with E-state index in [9.17, 15) is 18.0 Å². The molecule has 2 rings (SSSR count). The van der Waals surface area contributed by atoms with Gasteiger partial charge >= 0.3 is 6.18 Å². The lowest BCUT2D eigenvalue weighted by molar-refractivity contribution is -0.137. The lowest BCUT2D eigenvalue weighted by Gasteiger charge is -2.33. The molecule has 8 heteroatoms. The number of nitrogens with one attached hydrogen (secondary N) is 2. The molecule has 1 amide bonds. The van der Waals surface area contributed by atoms with Gasteiger partial charge in [-0.25, -0.2) is 0 Å². The van der Waals surface area contributed by atoms with E-state index in [0.717, 1.165) is 18.2 Å². The third kappa shape index (κ3) is 3.68. The first-order valence-corrected chi connectivity index (χ1v) is 8.06. The lowest BCUT2D eigenvalue weighted by Crippen LogP contribution is -2.46. The maximum Gasteiger partial charge on any atom is 0.416 e. The van der Waals surface area contributed by atoms with Gasteiger partial charge in [-0.3, -0.25) is 15.6 Å². The van der Waals surface area contributed by atoms with Gasteiger partial charge in [0.05, 0.1) is 16.1 Å². The molecule has 0 radical (unpaired) electrons. The molecule has 1 aromatic rings. The SMILES string of the molecule is CC1NNC(C)C1C(C)N(C)C(=O)c1cc(C(F)(F)F)ccc1Cl. The number of carbonyl (C=O) groups is 1. The molecule has 1 saturated heterocycles. The summed E-state index contributed by atoms with van der Waals surface area (Å²) in [5, 5.41) is 0.0100. The van der Waals surface area contributed by atoms with E-state index in [0.29, 0.717) is 0 Å². The summed E-state index contributed by atoms with van der Waals surface area (Å²) in [5.41, 5.74) is 5.20. The molecule has 1 aliphatic heterocycles. The molecule has 24 heavy (non-hydrogen) atoms. The Morgan fingerprint density at radius 1 is 1.25 bits per heavy atom. The largest absolute Gasteiger partial charge is 0.416 e. The summed E-state index contributed by atoms with van der Waals surface area (Å²) in [7, 11) is 1.58. The molecule has 4 nitrogen and oxygen atoms in total. The first kappa shape index (κ1) is 19.0. The molecular weight excluding hydrogens is 343 g/mol. The minimum absolute atomic E-state index is 0.0100. The fraction of sp³-hybridized carbons (Fsp3) is 0.562. The first-order chi connectivity index (χ1) is 11.0. The van der Waals surface area contributed by atoms with Crippen LogP contribution in [-0.4, -0.2) is 36.0 Å². The molecule has 1 fully saturated rings. The van der Waals surface area contributed by atoms with E-state index in [2.05, 4.69) is 10.9 Å². The van der Waals surface area contributed by atoms with Gasteiger partial charge in [0, 0.05) is 31.1 Å². The van der Waals surface area contributed by atoms with Crippen LogP contribution in [0.4, 0.5) is 13.2 Å². The van der Waals surface area contributed by atoms with Crippen LogP contribution in [-0.2, 0) is 6.18 Å². The van der Waals surface area contributed by atoms with Gasteiger partial charge in [-0.1, -0.05) is 11.6 Å². The van der Waals surface area contributed by atoms with Crippen LogP contribution >= 0.6 is 11.6 Å². The molecule has 0 spiro atoms. The number of amides is 1.